The monoisotopic (exact) mass is 527 g/mol. The van der Waals surface area contributed by atoms with Gasteiger partial charge in [-0.3, -0.25) is 19.2 Å². The van der Waals surface area contributed by atoms with Gasteiger partial charge in [0.25, 0.3) is 0 Å². The van der Waals surface area contributed by atoms with Crippen LogP contribution >= 0.6 is 0 Å². The predicted molar refractivity (Wildman–Crippen MR) is 142 cm³/mol. The van der Waals surface area contributed by atoms with E-state index in [2.05, 4.69) is 21.3 Å². The summed E-state index contributed by atoms with van der Waals surface area (Å²) in [6.45, 7) is 16.3. The number of hydrogen-bond acceptors (Lipinski definition) is 6. The number of carboxylic acid groups (broad SMARTS) is 1. The number of rotatable bonds is 16. The molecular formula is C26H49N5O6. The maximum atomic E-state index is 12.9. The molecule has 11 heteroatoms. The van der Waals surface area contributed by atoms with Gasteiger partial charge >= 0.3 is 5.97 Å². The zero-order valence-electron chi connectivity index (χ0n) is 23.9. The third-order valence-electron chi connectivity index (χ3n) is 5.72. The van der Waals surface area contributed by atoms with E-state index in [1.165, 1.54) is 6.92 Å². The van der Waals surface area contributed by atoms with Gasteiger partial charge in [0.15, 0.2) is 0 Å². The lowest BCUT2D eigenvalue weighted by Crippen LogP contribution is -2.59. The zero-order valence-corrected chi connectivity index (χ0v) is 23.9. The van der Waals surface area contributed by atoms with Crippen molar-refractivity contribution in [3.63, 3.8) is 0 Å². The van der Waals surface area contributed by atoms with E-state index in [1.54, 1.807) is 13.8 Å². The molecule has 5 atom stereocenters. The molecule has 0 radical (unpaired) electrons. The summed E-state index contributed by atoms with van der Waals surface area (Å²) in [5.41, 5.74) is 5.94. The second-order valence-electron chi connectivity index (χ2n) is 11.4. The van der Waals surface area contributed by atoms with Crippen LogP contribution in [0.15, 0.2) is 0 Å². The Balaban J connectivity index is 5.36. The van der Waals surface area contributed by atoms with E-state index in [0.29, 0.717) is 6.42 Å². The number of amides is 4. The number of nitrogens with one attached hydrogen (secondary N) is 4. The summed E-state index contributed by atoms with van der Waals surface area (Å²) in [5.74, 6) is -3.31. The van der Waals surface area contributed by atoms with Gasteiger partial charge in [-0.1, -0.05) is 55.4 Å². The lowest BCUT2D eigenvalue weighted by Gasteiger charge is -2.27. The van der Waals surface area contributed by atoms with E-state index in [9.17, 15) is 29.1 Å². The molecule has 4 amide bonds. The Morgan fingerprint density at radius 1 is 0.595 bits per heavy atom. The Bertz CT molecular complexity index is 783. The predicted octanol–water partition coefficient (Wildman–Crippen LogP) is 1.15. The van der Waals surface area contributed by atoms with Gasteiger partial charge < -0.3 is 32.1 Å². The van der Waals surface area contributed by atoms with Crippen molar-refractivity contribution >= 4 is 29.6 Å². The van der Waals surface area contributed by atoms with Crippen LogP contribution in [0.3, 0.4) is 0 Å². The standard InChI is InChI=1S/C26H49N5O6/c1-13(2)10-18(27)23(33)31-21(16(7)8)25(35)28-17(9)22(32)29-19(11-14(3)4)24(34)30-20(26(36)37)12-15(5)6/h13-21H,10-12,27H2,1-9H3,(H,28,35)(H,29,32)(H,30,34)(H,31,33)(H,36,37)/t17-,18-,19-,20-,21-/m0/s1. The van der Waals surface area contributed by atoms with Crippen molar-refractivity contribution in [2.45, 2.75) is 112 Å². The van der Waals surface area contributed by atoms with E-state index in [4.69, 9.17) is 5.73 Å². The van der Waals surface area contributed by atoms with Gasteiger partial charge in [0, 0.05) is 0 Å². The Hall–Kier alpha value is -2.69. The second-order valence-corrected chi connectivity index (χ2v) is 11.4. The van der Waals surface area contributed by atoms with Gasteiger partial charge in [-0.05, 0) is 49.9 Å². The fourth-order valence-electron chi connectivity index (χ4n) is 3.74. The van der Waals surface area contributed by atoms with Crippen molar-refractivity contribution in [2.24, 2.45) is 29.4 Å². The van der Waals surface area contributed by atoms with Crippen molar-refractivity contribution in [2.75, 3.05) is 0 Å². The number of hydrogen-bond donors (Lipinski definition) is 6. The third kappa shape index (κ3) is 13.4. The normalized spacial score (nSPS) is 15.6. The molecule has 0 saturated heterocycles. The minimum Gasteiger partial charge on any atom is -0.480 e. The van der Waals surface area contributed by atoms with Gasteiger partial charge in [-0.15, -0.1) is 0 Å². The van der Waals surface area contributed by atoms with E-state index in [0.717, 1.165) is 0 Å². The molecule has 0 bridgehead atoms. The fourth-order valence-corrected chi connectivity index (χ4v) is 3.74. The molecule has 0 aromatic carbocycles. The molecule has 7 N–H and O–H groups in total. The maximum Gasteiger partial charge on any atom is 0.326 e. The SMILES string of the molecule is CC(C)C[C@H](NC(=O)[C@H](CC(C)C)NC(=O)[C@H](C)NC(=O)[C@@H](NC(=O)[C@@H](N)CC(C)C)C(C)C)C(=O)O. The Morgan fingerprint density at radius 3 is 1.49 bits per heavy atom. The molecular weight excluding hydrogens is 478 g/mol. The quantitative estimate of drug-likeness (QED) is 0.174. The van der Waals surface area contributed by atoms with Crippen LogP contribution in [-0.4, -0.2) is 64.9 Å². The van der Waals surface area contributed by atoms with Crippen molar-refractivity contribution in [1.29, 1.82) is 0 Å². The topological polar surface area (TPSA) is 180 Å². The molecule has 0 aliphatic carbocycles. The Morgan fingerprint density at radius 2 is 1.05 bits per heavy atom. The molecule has 37 heavy (non-hydrogen) atoms. The van der Waals surface area contributed by atoms with Crippen molar-refractivity contribution in [3.05, 3.63) is 0 Å². The first-order chi connectivity index (χ1) is 17.0. The fraction of sp³-hybridized carbons (Fsp3) is 0.808. The molecule has 0 aromatic heterocycles. The van der Waals surface area contributed by atoms with Gasteiger partial charge in [0.05, 0.1) is 6.04 Å². The highest BCUT2D eigenvalue weighted by atomic mass is 16.4. The molecule has 0 aliphatic rings. The number of nitrogens with two attached hydrogens (primary N) is 1. The van der Waals surface area contributed by atoms with Crippen LogP contribution in [0.2, 0.25) is 0 Å². The number of aliphatic carboxylic acids is 1. The number of carbonyl (C=O) groups excluding carboxylic acids is 4. The Labute approximate surface area is 221 Å². The van der Waals surface area contributed by atoms with Crippen molar-refractivity contribution < 1.29 is 29.1 Å². The second kappa shape index (κ2) is 16.2. The third-order valence-corrected chi connectivity index (χ3v) is 5.72. The van der Waals surface area contributed by atoms with Gasteiger partial charge in [-0.2, -0.15) is 0 Å². The molecule has 0 aromatic rings. The average molecular weight is 528 g/mol. The molecule has 0 heterocycles. The lowest BCUT2D eigenvalue weighted by atomic mass is 9.99. The highest BCUT2D eigenvalue weighted by Crippen LogP contribution is 2.10. The first-order valence-electron chi connectivity index (χ1n) is 13.2. The number of carboxylic acids is 1. The maximum absolute atomic E-state index is 12.9. The molecule has 0 rings (SSSR count). The average Bonchev–Trinajstić information content (AvgIpc) is 2.74. The molecule has 0 aliphatic heterocycles. The van der Waals surface area contributed by atoms with Crippen LogP contribution in [0.5, 0.6) is 0 Å². The summed E-state index contributed by atoms with van der Waals surface area (Å²) in [6.07, 6.45) is 1.000. The summed E-state index contributed by atoms with van der Waals surface area (Å²) >= 11 is 0. The first kappa shape index (κ1) is 34.3. The molecule has 0 fully saturated rings. The van der Waals surface area contributed by atoms with Crippen LogP contribution in [0, 0.1) is 23.7 Å². The van der Waals surface area contributed by atoms with E-state index < -0.39 is 59.8 Å². The van der Waals surface area contributed by atoms with E-state index in [-0.39, 0.29) is 36.5 Å². The minimum atomic E-state index is -1.15. The molecule has 214 valence electrons. The minimum absolute atomic E-state index is 0.0323. The highest BCUT2D eigenvalue weighted by molar-refractivity contribution is 5.95. The summed E-state index contributed by atoms with van der Waals surface area (Å²) in [6, 6.07) is -4.72. The molecule has 0 saturated carbocycles. The van der Waals surface area contributed by atoms with Crippen molar-refractivity contribution in [3.8, 4) is 0 Å². The largest absolute Gasteiger partial charge is 0.480 e. The molecule has 0 spiro atoms. The Kier molecular flexibility index (Phi) is 15.0. The summed E-state index contributed by atoms with van der Waals surface area (Å²) in [7, 11) is 0. The zero-order chi connectivity index (χ0) is 29.0. The summed E-state index contributed by atoms with van der Waals surface area (Å²) < 4.78 is 0. The first-order valence-corrected chi connectivity index (χ1v) is 13.2. The lowest BCUT2D eigenvalue weighted by molar-refractivity contribution is -0.143. The summed E-state index contributed by atoms with van der Waals surface area (Å²) in [4.78, 5) is 62.7. The van der Waals surface area contributed by atoms with Crippen LogP contribution < -0.4 is 27.0 Å². The summed E-state index contributed by atoms with van der Waals surface area (Å²) in [5, 5.41) is 19.9. The smallest absolute Gasteiger partial charge is 0.326 e. The van der Waals surface area contributed by atoms with E-state index in [1.807, 2.05) is 41.5 Å². The van der Waals surface area contributed by atoms with Crippen LogP contribution in [0.1, 0.15) is 81.6 Å². The molecule has 0 unspecified atom stereocenters. The highest BCUT2D eigenvalue weighted by Gasteiger charge is 2.31. The molecule has 11 nitrogen and oxygen atoms in total. The van der Waals surface area contributed by atoms with E-state index >= 15 is 0 Å². The van der Waals surface area contributed by atoms with Crippen LogP contribution in [-0.2, 0) is 24.0 Å². The van der Waals surface area contributed by atoms with Gasteiger partial charge in [-0.25, -0.2) is 4.79 Å². The van der Waals surface area contributed by atoms with Crippen LogP contribution in [0.4, 0.5) is 0 Å². The van der Waals surface area contributed by atoms with Gasteiger partial charge in [0.2, 0.25) is 23.6 Å². The van der Waals surface area contributed by atoms with Crippen molar-refractivity contribution in [1.82, 2.24) is 21.3 Å². The van der Waals surface area contributed by atoms with Crippen LogP contribution in [0.25, 0.3) is 0 Å². The van der Waals surface area contributed by atoms with Gasteiger partial charge in [0.1, 0.15) is 24.2 Å². The number of carbonyl (C=O) groups is 5.